The van der Waals surface area contributed by atoms with Crippen molar-refractivity contribution < 1.29 is 14.4 Å². The van der Waals surface area contributed by atoms with Crippen molar-refractivity contribution in [1.82, 2.24) is 0 Å². The Hall–Kier alpha value is -2.24. The zero-order valence-electron chi connectivity index (χ0n) is 15.9. The number of benzene rings is 2. The van der Waals surface area contributed by atoms with E-state index in [0.29, 0.717) is 11.4 Å². The maximum Gasteiger partial charge on any atom is 0.228 e. The minimum absolute atomic E-state index is 0.0542. The van der Waals surface area contributed by atoms with Crippen molar-refractivity contribution in [2.45, 2.75) is 13.3 Å². The molecule has 0 saturated carbocycles. The van der Waals surface area contributed by atoms with Crippen molar-refractivity contribution in [2.24, 2.45) is 0 Å². The quantitative estimate of drug-likeness (QED) is 0.797. The summed E-state index contributed by atoms with van der Waals surface area (Å²) in [5.74, 6) is 0.728. The molecular weight excluding hydrogens is 362 g/mol. The third-order valence-corrected chi connectivity index (χ3v) is 5.30. The van der Waals surface area contributed by atoms with E-state index in [0.717, 1.165) is 55.4 Å². The van der Waals surface area contributed by atoms with Crippen molar-refractivity contribution >= 4 is 28.9 Å². The molecule has 2 aromatic carbocycles. The van der Waals surface area contributed by atoms with Gasteiger partial charge in [-0.25, -0.2) is 0 Å². The Balaban J connectivity index is 1.69. The number of carbonyl (C=O) groups excluding carboxylic acids is 1. The van der Waals surface area contributed by atoms with Gasteiger partial charge in [-0.05, 0) is 42.8 Å². The van der Waals surface area contributed by atoms with Crippen molar-refractivity contribution in [3.8, 4) is 5.75 Å². The van der Waals surface area contributed by atoms with Crippen molar-refractivity contribution in [3.63, 3.8) is 0 Å². The minimum atomic E-state index is -0.0542. The van der Waals surface area contributed by atoms with Gasteiger partial charge >= 0.3 is 0 Å². The number of rotatable bonds is 6. The number of anilines is 2. The van der Waals surface area contributed by atoms with Crippen molar-refractivity contribution in [2.75, 3.05) is 50.1 Å². The van der Waals surface area contributed by atoms with Crippen LogP contribution >= 0.6 is 11.6 Å². The smallest absolute Gasteiger partial charge is 0.228 e. The van der Waals surface area contributed by atoms with Crippen LogP contribution in [0.4, 0.5) is 11.4 Å². The van der Waals surface area contributed by atoms with Gasteiger partial charge in [-0.1, -0.05) is 23.7 Å². The first-order chi connectivity index (χ1) is 13.1. The van der Waals surface area contributed by atoms with Crippen LogP contribution < -0.4 is 19.9 Å². The van der Waals surface area contributed by atoms with Crippen LogP contribution in [0.5, 0.6) is 5.75 Å². The second kappa shape index (κ2) is 9.11. The Morgan fingerprint density at radius 3 is 2.52 bits per heavy atom. The predicted octanol–water partition coefficient (Wildman–Crippen LogP) is 2.25. The fraction of sp³-hybridized carbons (Fsp3) is 0.381. The fourth-order valence-electron chi connectivity index (χ4n) is 3.42. The third-order valence-electron chi connectivity index (χ3n) is 5.07. The molecule has 3 rings (SSSR count). The molecule has 0 aromatic heterocycles. The molecule has 144 valence electrons. The monoisotopic (exact) mass is 388 g/mol. The topological polar surface area (TPSA) is 46.0 Å². The molecular formula is C21H27ClN3O2+. The lowest BCUT2D eigenvalue weighted by atomic mass is 10.1. The number of piperazine rings is 1. The zero-order chi connectivity index (χ0) is 19.2. The van der Waals surface area contributed by atoms with Gasteiger partial charge in [0.15, 0.2) is 0 Å². The van der Waals surface area contributed by atoms with Gasteiger partial charge in [0.05, 0.1) is 57.6 Å². The lowest BCUT2D eigenvalue weighted by Crippen LogP contribution is -3.14. The van der Waals surface area contributed by atoms with E-state index < -0.39 is 0 Å². The van der Waals surface area contributed by atoms with Gasteiger partial charge in [0.2, 0.25) is 5.91 Å². The Bertz CT molecular complexity index is 771. The van der Waals surface area contributed by atoms with Crippen molar-refractivity contribution in [3.05, 3.63) is 53.1 Å². The highest BCUT2D eigenvalue weighted by atomic mass is 35.5. The molecule has 0 atom stereocenters. The van der Waals surface area contributed by atoms with Gasteiger partial charge in [-0.3, -0.25) is 4.79 Å². The summed E-state index contributed by atoms with van der Waals surface area (Å²) >= 11 is 6.19. The Morgan fingerprint density at radius 2 is 1.89 bits per heavy atom. The normalized spacial score (nSPS) is 14.9. The average molecular weight is 389 g/mol. The van der Waals surface area contributed by atoms with Gasteiger partial charge < -0.3 is 19.9 Å². The molecule has 0 unspecified atom stereocenters. The van der Waals surface area contributed by atoms with E-state index in [1.54, 1.807) is 12.0 Å². The molecule has 0 aliphatic carbocycles. The Labute approximate surface area is 165 Å². The zero-order valence-corrected chi connectivity index (χ0v) is 16.7. The average Bonchev–Trinajstić information content (AvgIpc) is 2.69. The molecule has 1 heterocycles. The summed E-state index contributed by atoms with van der Waals surface area (Å²) in [6.45, 7) is 7.55. The summed E-state index contributed by atoms with van der Waals surface area (Å²) in [7, 11) is 1.63. The molecule has 2 aromatic rings. The number of methoxy groups -OCH3 is 1. The van der Waals surface area contributed by atoms with Crippen LogP contribution in [0.1, 0.15) is 12.5 Å². The number of ether oxygens (including phenoxy) is 1. The van der Waals surface area contributed by atoms with Crippen molar-refractivity contribution in [1.29, 1.82) is 0 Å². The van der Waals surface area contributed by atoms with Crippen LogP contribution in [0.2, 0.25) is 5.02 Å². The summed E-state index contributed by atoms with van der Waals surface area (Å²) < 4.78 is 5.16. The molecule has 5 nitrogen and oxygen atoms in total. The summed E-state index contributed by atoms with van der Waals surface area (Å²) in [5, 5.41) is 3.67. The maximum atomic E-state index is 12.6. The molecule has 1 saturated heterocycles. The number of hydrogen-bond donors (Lipinski definition) is 2. The van der Waals surface area contributed by atoms with E-state index in [1.807, 2.05) is 42.5 Å². The SMILES string of the molecule is CC[NH+]1CCN(c2ccc(Cl)cc2NC(=O)Cc2ccc(OC)cc2)CC1. The molecule has 0 spiro atoms. The first-order valence-electron chi connectivity index (χ1n) is 9.40. The van der Waals surface area contributed by atoms with Crippen LogP contribution in [-0.4, -0.2) is 45.7 Å². The number of quaternary nitrogens is 1. The fourth-order valence-corrected chi connectivity index (χ4v) is 3.60. The highest BCUT2D eigenvalue weighted by molar-refractivity contribution is 6.31. The van der Waals surface area contributed by atoms with Gasteiger partial charge in [0, 0.05) is 5.02 Å². The molecule has 27 heavy (non-hydrogen) atoms. The van der Waals surface area contributed by atoms with E-state index in [2.05, 4.69) is 17.1 Å². The molecule has 1 aliphatic rings. The highest BCUT2D eigenvalue weighted by Gasteiger charge is 2.21. The number of hydrogen-bond acceptors (Lipinski definition) is 3. The number of halogens is 1. The summed E-state index contributed by atoms with van der Waals surface area (Å²) in [6.07, 6.45) is 0.309. The predicted molar refractivity (Wildman–Crippen MR) is 110 cm³/mol. The largest absolute Gasteiger partial charge is 0.497 e. The lowest BCUT2D eigenvalue weighted by Gasteiger charge is -2.34. The van der Waals surface area contributed by atoms with Crippen LogP contribution in [0.3, 0.4) is 0 Å². The minimum Gasteiger partial charge on any atom is -0.497 e. The van der Waals surface area contributed by atoms with Crippen LogP contribution in [0.15, 0.2) is 42.5 Å². The second-order valence-electron chi connectivity index (χ2n) is 6.83. The van der Waals surface area contributed by atoms with Gasteiger partial charge in [-0.15, -0.1) is 0 Å². The van der Waals surface area contributed by atoms with E-state index in [9.17, 15) is 4.79 Å². The maximum absolute atomic E-state index is 12.6. The van der Waals surface area contributed by atoms with Crippen LogP contribution in [-0.2, 0) is 11.2 Å². The first-order valence-corrected chi connectivity index (χ1v) is 9.77. The van der Waals surface area contributed by atoms with E-state index in [-0.39, 0.29) is 5.91 Å². The summed E-state index contributed by atoms with van der Waals surface area (Å²) in [6, 6.07) is 13.3. The molecule has 0 bridgehead atoms. The Morgan fingerprint density at radius 1 is 1.19 bits per heavy atom. The number of nitrogens with one attached hydrogen (secondary N) is 2. The number of nitrogens with zero attached hydrogens (tertiary/aromatic N) is 1. The van der Waals surface area contributed by atoms with E-state index in [1.165, 1.54) is 0 Å². The number of likely N-dealkylation sites (N-methyl/N-ethyl adjacent to an activating group) is 1. The third kappa shape index (κ3) is 5.15. The molecule has 2 N–H and O–H groups in total. The number of carbonyl (C=O) groups is 1. The first kappa shape index (κ1) is 19.5. The summed E-state index contributed by atoms with van der Waals surface area (Å²) in [4.78, 5) is 16.5. The lowest BCUT2D eigenvalue weighted by molar-refractivity contribution is -0.898. The van der Waals surface area contributed by atoms with E-state index >= 15 is 0 Å². The van der Waals surface area contributed by atoms with E-state index in [4.69, 9.17) is 16.3 Å². The molecule has 1 fully saturated rings. The molecule has 0 radical (unpaired) electrons. The highest BCUT2D eigenvalue weighted by Crippen LogP contribution is 2.29. The standard InChI is InChI=1S/C21H26ClN3O2/c1-3-24-10-12-25(13-11-24)20-9-6-17(22)15-19(20)23-21(26)14-16-4-7-18(27-2)8-5-16/h4-9,15H,3,10-14H2,1-2H3,(H,23,26)/p+1. The Kier molecular flexibility index (Phi) is 6.58. The van der Waals surface area contributed by atoms with Gasteiger partial charge in [0.1, 0.15) is 5.75 Å². The summed E-state index contributed by atoms with van der Waals surface area (Å²) in [5.41, 5.74) is 2.76. The molecule has 1 amide bonds. The molecule has 1 aliphatic heterocycles. The van der Waals surface area contributed by atoms with Crippen LogP contribution in [0, 0.1) is 0 Å². The van der Waals surface area contributed by atoms with Crippen LogP contribution in [0.25, 0.3) is 0 Å². The number of amides is 1. The van der Waals surface area contributed by atoms with Gasteiger partial charge in [-0.2, -0.15) is 0 Å². The van der Waals surface area contributed by atoms with Gasteiger partial charge in [0.25, 0.3) is 0 Å². The molecule has 6 heteroatoms. The second-order valence-corrected chi connectivity index (χ2v) is 7.26.